The fraction of sp³-hybridized carbons (Fsp3) is 0.351. The highest BCUT2D eigenvalue weighted by atomic mass is 79.9. The van der Waals surface area contributed by atoms with Gasteiger partial charge in [0, 0.05) is 132 Å². The summed E-state index contributed by atoms with van der Waals surface area (Å²) >= 11 is 3.43. The smallest absolute Gasteiger partial charge is 0.387 e. The molecule has 0 unspecified atom stereocenters. The predicted molar refractivity (Wildman–Crippen MR) is 301 cm³/mol. The van der Waals surface area contributed by atoms with E-state index in [0.717, 1.165) is 27.8 Å². The Morgan fingerprint density at radius 1 is 0.630 bits per heavy atom. The topological polar surface area (TPSA) is 195 Å². The highest BCUT2D eigenvalue weighted by Crippen LogP contribution is 2.32. The molecule has 6 heterocycles. The molecule has 81 heavy (non-hydrogen) atoms. The van der Waals surface area contributed by atoms with E-state index in [1.807, 2.05) is 58.9 Å². The van der Waals surface area contributed by atoms with Gasteiger partial charge in [-0.15, -0.1) is 0 Å². The molecule has 4 aromatic heterocycles. The van der Waals surface area contributed by atoms with Gasteiger partial charge in [0.1, 0.15) is 11.5 Å². The molecule has 2 amide bonds. The zero-order chi connectivity index (χ0) is 57.8. The summed E-state index contributed by atoms with van der Waals surface area (Å²) in [7, 11) is 3.25. The molecule has 8 aromatic rings. The Morgan fingerprint density at radius 2 is 1.04 bits per heavy atom. The molecule has 422 valence electrons. The molecular weight excluding hydrogens is 1120 g/mol. The van der Waals surface area contributed by atoms with Gasteiger partial charge < -0.3 is 29.1 Å². The van der Waals surface area contributed by atoms with Crippen molar-refractivity contribution in [2.45, 2.75) is 77.8 Å². The van der Waals surface area contributed by atoms with Gasteiger partial charge in [-0.3, -0.25) is 37.9 Å². The number of anilines is 2. The second kappa shape index (κ2) is 24.4. The van der Waals surface area contributed by atoms with E-state index in [2.05, 4.69) is 46.8 Å². The summed E-state index contributed by atoms with van der Waals surface area (Å²) in [6.45, 7) is 5.14. The van der Waals surface area contributed by atoms with Crippen LogP contribution in [0.2, 0.25) is 0 Å². The van der Waals surface area contributed by atoms with Crippen LogP contribution in [0.15, 0.2) is 107 Å². The van der Waals surface area contributed by atoms with Gasteiger partial charge in [-0.25, -0.2) is 19.9 Å². The molecule has 2 aliphatic heterocycles. The SMILES string of the molecule is CC(=O)N1CCN(c2ncc(-c3ccc4c(=O)n(C)n(Cc5c(CBr)cccc5OC(F)F)c4c3)cn2)C[C@H]1C.CC(=O)N1CCN(c2ncc(-c3ccc4c(=O)n(C)n(Cc5c(CC#N)cccc5OC(F)F)c4c3)cn2)C[C@H]1C. The quantitative estimate of drug-likeness (QED) is 0.0752. The lowest BCUT2D eigenvalue weighted by atomic mass is 10.0. The summed E-state index contributed by atoms with van der Waals surface area (Å²) in [5.41, 5.74) is 6.17. The molecular formula is C57H58BrF4N13O6. The molecule has 0 spiro atoms. The van der Waals surface area contributed by atoms with Crippen LogP contribution >= 0.6 is 15.9 Å². The third kappa shape index (κ3) is 12.1. The van der Waals surface area contributed by atoms with Gasteiger partial charge in [0.15, 0.2) is 0 Å². The fourth-order valence-corrected chi connectivity index (χ4v) is 11.2. The molecule has 0 bridgehead atoms. The number of hydrogen-bond donors (Lipinski definition) is 0. The molecule has 2 fully saturated rings. The third-order valence-corrected chi connectivity index (χ3v) is 15.4. The van der Waals surface area contributed by atoms with Gasteiger partial charge in [-0.05, 0) is 72.5 Å². The molecule has 2 saturated heterocycles. The number of alkyl halides is 5. The lowest BCUT2D eigenvalue weighted by Crippen LogP contribution is -2.53. The minimum Gasteiger partial charge on any atom is -0.434 e. The van der Waals surface area contributed by atoms with Crippen molar-refractivity contribution >= 4 is 61.4 Å². The Kier molecular flexibility index (Phi) is 17.2. The number of benzene rings is 4. The minimum atomic E-state index is -3.04. The summed E-state index contributed by atoms with van der Waals surface area (Å²) in [6.07, 6.45) is 6.92. The number of carbonyl (C=O) groups is 2. The van der Waals surface area contributed by atoms with Crippen molar-refractivity contribution in [2.24, 2.45) is 14.1 Å². The first-order valence-corrected chi connectivity index (χ1v) is 27.1. The van der Waals surface area contributed by atoms with Crippen LogP contribution < -0.4 is 30.4 Å². The molecule has 24 heteroatoms. The fourth-order valence-electron chi connectivity index (χ4n) is 10.6. The van der Waals surface area contributed by atoms with Crippen LogP contribution in [0, 0.1) is 11.3 Å². The zero-order valence-electron chi connectivity index (χ0n) is 45.3. The number of ether oxygens (including phenoxy) is 2. The van der Waals surface area contributed by atoms with Crippen LogP contribution in [0.5, 0.6) is 11.5 Å². The normalized spacial score (nSPS) is 15.6. The molecule has 4 aromatic carbocycles. The molecule has 0 aliphatic carbocycles. The molecule has 2 aliphatic rings. The molecule has 0 N–H and O–H groups in total. The number of aromatic nitrogens is 8. The van der Waals surface area contributed by atoms with E-state index in [9.17, 15) is 42.0 Å². The van der Waals surface area contributed by atoms with Gasteiger partial charge in [-0.1, -0.05) is 52.3 Å². The minimum absolute atomic E-state index is 0.000432. The second-order valence-corrected chi connectivity index (χ2v) is 20.4. The number of rotatable bonds is 14. The van der Waals surface area contributed by atoms with Gasteiger partial charge >= 0.3 is 13.2 Å². The van der Waals surface area contributed by atoms with Crippen molar-refractivity contribution in [1.82, 2.24) is 48.5 Å². The number of amides is 2. The number of fused-ring (bicyclic) bond motifs is 2. The number of nitrogens with zero attached hydrogens (tertiary/aromatic N) is 13. The van der Waals surface area contributed by atoms with Crippen molar-refractivity contribution in [3.8, 4) is 39.8 Å². The van der Waals surface area contributed by atoms with E-state index in [4.69, 9.17) is 9.47 Å². The molecule has 0 saturated carbocycles. The first-order valence-electron chi connectivity index (χ1n) is 26.0. The lowest BCUT2D eigenvalue weighted by molar-refractivity contribution is -0.132. The monoisotopic (exact) mass is 1180 g/mol. The van der Waals surface area contributed by atoms with Gasteiger partial charge in [0.05, 0.1) is 47.4 Å². The Labute approximate surface area is 471 Å². The van der Waals surface area contributed by atoms with Gasteiger partial charge in [0.25, 0.3) is 11.1 Å². The van der Waals surface area contributed by atoms with Crippen molar-refractivity contribution in [3.63, 3.8) is 0 Å². The number of nitriles is 1. The first kappa shape index (κ1) is 57.1. The van der Waals surface area contributed by atoms with Crippen molar-refractivity contribution in [3.05, 3.63) is 141 Å². The Morgan fingerprint density at radius 3 is 1.41 bits per heavy atom. The Balaban J connectivity index is 0.000000196. The highest BCUT2D eigenvalue weighted by molar-refractivity contribution is 9.08. The standard InChI is InChI=1S/C29H29F2N7O3.C28H29BrF2N6O3/c1-18-16-36(11-12-37(18)19(2)39)29-33-14-22(15-34-29)21-7-8-23-25(13-21)38(35(3)27(23)40)17-24-20(9-10-32)5-4-6-26(24)41-28(30)31;1-17-15-35(9-10-36(17)18(2)38)28-32-13-21(14-33-28)19-7-8-22-24(11-19)37(34(3)26(22)39)16-23-20(12-29)5-4-6-25(23)40-27(30)31/h4-8,13-15,18,28H,9,11-12,16-17H2,1-3H3;4-8,11,13-14,17,27H,9-10,12,15-16H2,1-3H3/t18-;17-/m11/s1. The predicted octanol–water partition coefficient (Wildman–Crippen LogP) is 7.97. The van der Waals surface area contributed by atoms with E-state index >= 15 is 0 Å². The maximum atomic E-state index is 13.2. The second-order valence-electron chi connectivity index (χ2n) is 19.8. The number of halogens is 5. The highest BCUT2D eigenvalue weighted by Gasteiger charge is 2.29. The maximum absolute atomic E-state index is 13.2. The number of carbonyl (C=O) groups excluding carboxylic acids is 2. The summed E-state index contributed by atoms with van der Waals surface area (Å²) in [4.78, 5) is 75.8. The van der Waals surface area contributed by atoms with Crippen LogP contribution in [0.25, 0.3) is 44.1 Å². The van der Waals surface area contributed by atoms with Crippen LogP contribution in [0.1, 0.15) is 49.9 Å². The van der Waals surface area contributed by atoms with Gasteiger partial charge in [-0.2, -0.15) is 22.8 Å². The summed E-state index contributed by atoms with van der Waals surface area (Å²) in [5.74, 6) is 1.30. The van der Waals surface area contributed by atoms with Crippen molar-refractivity contribution in [1.29, 1.82) is 5.26 Å². The van der Waals surface area contributed by atoms with Crippen LogP contribution in [0.4, 0.5) is 29.5 Å². The maximum Gasteiger partial charge on any atom is 0.387 e. The Bertz CT molecular complexity index is 3790. The van der Waals surface area contributed by atoms with Crippen LogP contribution in [-0.2, 0) is 48.5 Å². The molecule has 19 nitrogen and oxygen atoms in total. The Hall–Kier alpha value is -8.59. The first-order chi connectivity index (χ1) is 38.8. The zero-order valence-corrected chi connectivity index (χ0v) is 46.9. The molecule has 0 radical (unpaired) electrons. The molecule has 10 rings (SSSR count). The summed E-state index contributed by atoms with van der Waals surface area (Å²) in [6, 6.07) is 22.7. The average Bonchev–Trinajstić information content (AvgIpc) is 3.71. The summed E-state index contributed by atoms with van der Waals surface area (Å²) < 4.78 is 68.5. The van der Waals surface area contributed by atoms with Crippen molar-refractivity contribution in [2.75, 3.05) is 49.1 Å². The van der Waals surface area contributed by atoms with E-state index in [-0.39, 0.29) is 66.0 Å². The van der Waals surface area contributed by atoms with Crippen molar-refractivity contribution < 1.29 is 36.6 Å². The lowest BCUT2D eigenvalue weighted by Gasteiger charge is -2.39. The van der Waals surface area contributed by atoms with E-state index < -0.39 is 13.2 Å². The summed E-state index contributed by atoms with van der Waals surface area (Å²) in [5, 5.41) is 10.7. The van der Waals surface area contributed by atoms with E-state index in [1.165, 1.54) is 21.5 Å². The van der Waals surface area contributed by atoms with E-state index in [1.54, 1.807) is 92.4 Å². The van der Waals surface area contributed by atoms with Gasteiger partial charge in [0.2, 0.25) is 23.7 Å². The molecule has 2 atom stereocenters. The average molecular weight is 1180 g/mol. The largest absolute Gasteiger partial charge is 0.434 e. The third-order valence-electron chi connectivity index (χ3n) is 14.8. The number of piperazine rings is 2. The van der Waals surface area contributed by atoms with Crippen LogP contribution in [-0.4, -0.2) is 125 Å². The number of hydrogen-bond acceptors (Lipinski definition) is 13. The van der Waals surface area contributed by atoms with E-state index in [0.29, 0.717) is 95.0 Å². The van der Waals surface area contributed by atoms with Crippen LogP contribution in [0.3, 0.4) is 0 Å².